The molecule has 0 aromatic heterocycles. The second-order valence-electron chi connectivity index (χ2n) is 10.8. The van der Waals surface area contributed by atoms with Gasteiger partial charge in [0.25, 0.3) is 0 Å². The number of amides is 2. The van der Waals surface area contributed by atoms with Crippen molar-refractivity contribution in [1.29, 1.82) is 0 Å². The molecule has 1 aromatic carbocycles. The number of cyclic esters (lactones) is 1. The zero-order valence-corrected chi connectivity index (χ0v) is 21.7. The first-order chi connectivity index (χ1) is 17.8. The van der Waals surface area contributed by atoms with Crippen molar-refractivity contribution in [3.63, 3.8) is 0 Å². The van der Waals surface area contributed by atoms with Crippen molar-refractivity contribution in [2.24, 2.45) is 11.8 Å². The molecule has 198 valence electrons. The van der Waals surface area contributed by atoms with Crippen LogP contribution in [0.25, 0.3) is 0 Å². The molecule has 2 amide bonds. The lowest BCUT2D eigenvalue weighted by molar-refractivity contribution is -0.160. The van der Waals surface area contributed by atoms with Gasteiger partial charge in [-0.2, -0.15) is 0 Å². The van der Waals surface area contributed by atoms with E-state index in [1.807, 2.05) is 49.4 Å². The smallest absolute Gasteiger partial charge is 0.313 e. The number of esters is 1. The second kappa shape index (κ2) is 9.72. The van der Waals surface area contributed by atoms with Crippen molar-refractivity contribution in [3.8, 4) is 0 Å². The molecule has 4 aliphatic rings. The highest BCUT2D eigenvalue weighted by Crippen LogP contribution is 2.57. The summed E-state index contributed by atoms with van der Waals surface area (Å²) in [6.07, 6.45) is 9.35. The third-order valence-corrected chi connectivity index (χ3v) is 8.44. The SMILES string of the molecule is CCCC(C)N1CC=C[C@]23O[C@]4(C)C=CCOC(=O)[C@@H]4[C@H]2C(=O)N([C@@H](CO)Cc2ccccc2)C3C1=O. The van der Waals surface area contributed by atoms with Crippen LogP contribution < -0.4 is 0 Å². The molecule has 2 unspecified atom stereocenters. The van der Waals surface area contributed by atoms with Crippen LogP contribution in [0.3, 0.4) is 0 Å². The molecule has 1 aromatic rings. The zero-order chi connectivity index (χ0) is 26.4. The summed E-state index contributed by atoms with van der Waals surface area (Å²) in [4.78, 5) is 45.3. The summed E-state index contributed by atoms with van der Waals surface area (Å²) in [6.45, 7) is 6.05. The first kappa shape index (κ1) is 25.7. The second-order valence-corrected chi connectivity index (χ2v) is 10.8. The normalized spacial score (nSPS) is 34.4. The highest BCUT2D eigenvalue weighted by Gasteiger charge is 2.75. The first-order valence-corrected chi connectivity index (χ1v) is 13.3. The molecule has 2 fully saturated rings. The van der Waals surface area contributed by atoms with E-state index in [0.29, 0.717) is 13.0 Å². The molecule has 0 bridgehead atoms. The Hall–Kier alpha value is -2.97. The standard InChI is InChI=1S/C29H36N2O6/c1-4-10-19(2)30-15-8-14-29-22(23-27(35)36-16-9-13-28(23,3)37-29)25(33)31(24(29)26(30)34)21(18-32)17-20-11-6-5-7-12-20/h5-9,11-14,19,21-24,32H,4,10,15-18H2,1-3H3/t19?,21-,22+,23+,24?,28-,29+/m1/s1. The Morgan fingerprint density at radius 3 is 2.54 bits per heavy atom. The van der Waals surface area contributed by atoms with Crippen LogP contribution in [0, 0.1) is 11.8 Å². The number of hydrogen-bond acceptors (Lipinski definition) is 6. The molecule has 7 atom stereocenters. The molecule has 0 saturated carbocycles. The minimum atomic E-state index is -1.35. The lowest BCUT2D eigenvalue weighted by atomic mass is 9.74. The van der Waals surface area contributed by atoms with Gasteiger partial charge in [0.15, 0.2) is 0 Å². The van der Waals surface area contributed by atoms with Gasteiger partial charge in [-0.3, -0.25) is 14.4 Å². The van der Waals surface area contributed by atoms with E-state index < -0.39 is 41.1 Å². The summed E-state index contributed by atoms with van der Waals surface area (Å²) in [7, 11) is 0. The predicted octanol–water partition coefficient (Wildman–Crippen LogP) is 2.26. The Morgan fingerprint density at radius 2 is 1.84 bits per heavy atom. The van der Waals surface area contributed by atoms with Crippen LogP contribution in [0.15, 0.2) is 54.6 Å². The van der Waals surface area contributed by atoms with Gasteiger partial charge in [-0.25, -0.2) is 0 Å². The van der Waals surface area contributed by atoms with Gasteiger partial charge in [-0.1, -0.05) is 61.9 Å². The summed E-state index contributed by atoms with van der Waals surface area (Å²) in [6, 6.07) is 7.88. The molecule has 4 aliphatic heterocycles. The van der Waals surface area contributed by atoms with E-state index in [1.165, 1.54) is 4.90 Å². The number of nitrogens with zero attached hydrogens (tertiary/aromatic N) is 2. The topological polar surface area (TPSA) is 96.4 Å². The van der Waals surface area contributed by atoms with E-state index in [1.54, 1.807) is 24.0 Å². The molecule has 2 saturated heterocycles. The highest BCUT2D eigenvalue weighted by molar-refractivity contribution is 5.99. The molecule has 0 radical (unpaired) electrons. The van der Waals surface area contributed by atoms with Crippen LogP contribution in [0.4, 0.5) is 0 Å². The Balaban J connectivity index is 1.64. The van der Waals surface area contributed by atoms with E-state index in [0.717, 1.165) is 18.4 Å². The fourth-order valence-corrected chi connectivity index (χ4v) is 6.81. The minimum Gasteiger partial charge on any atom is -0.461 e. The molecular formula is C29H36N2O6. The Kier molecular flexibility index (Phi) is 6.75. The quantitative estimate of drug-likeness (QED) is 0.448. The van der Waals surface area contributed by atoms with Crippen LogP contribution in [-0.2, 0) is 30.3 Å². The van der Waals surface area contributed by atoms with E-state index in [2.05, 4.69) is 6.92 Å². The third kappa shape index (κ3) is 4.01. The molecule has 8 nitrogen and oxygen atoms in total. The molecule has 0 aliphatic carbocycles. The molecule has 1 spiro atoms. The fraction of sp³-hybridized carbons (Fsp3) is 0.552. The van der Waals surface area contributed by atoms with Gasteiger partial charge in [0, 0.05) is 12.6 Å². The molecule has 4 heterocycles. The number of aliphatic hydroxyl groups is 1. The Labute approximate surface area is 217 Å². The molecule has 37 heavy (non-hydrogen) atoms. The zero-order valence-electron chi connectivity index (χ0n) is 21.7. The van der Waals surface area contributed by atoms with Crippen LogP contribution in [0.5, 0.6) is 0 Å². The maximum Gasteiger partial charge on any atom is 0.313 e. The number of carbonyl (C=O) groups is 3. The predicted molar refractivity (Wildman–Crippen MR) is 136 cm³/mol. The van der Waals surface area contributed by atoms with Gasteiger partial charge in [0.1, 0.15) is 24.2 Å². The van der Waals surface area contributed by atoms with Crippen LogP contribution in [0.2, 0.25) is 0 Å². The van der Waals surface area contributed by atoms with E-state index in [9.17, 15) is 19.5 Å². The van der Waals surface area contributed by atoms with Gasteiger partial charge < -0.3 is 24.4 Å². The van der Waals surface area contributed by atoms with E-state index in [-0.39, 0.29) is 31.1 Å². The largest absolute Gasteiger partial charge is 0.461 e. The summed E-state index contributed by atoms with van der Waals surface area (Å²) >= 11 is 0. The number of likely N-dealkylation sites (tertiary alicyclic amines) is 1. The Morgan fingerprint density at radius 1 is 1.08 bits per heavy atom. The van der Waals surface area contributed by atoms with Crippen molar-refractivity contribution >= 4 is 17.8 Å². The number of ether oxygens (including phenoxy) is 2. The van der Waals surface area contributed by atoms with E-state index >= 15 is 0 Å². The monoisotopic (exact) mass is 508 g/mol. The minimum absolute atomic E-state index is 0.0395. The maximum atomic E-state index is 14.4. The number of carbonyl (C=O) groups excluding carboxylic acids is 3. The van der Waals surface area contributed by atoms with Gasteiger partial charge in [-0.05, 0) is 38.3 Å². The lowest BCUT2D eigenvalue weighted by Gasteiger charge is -2.41. The van der Waals surface area contributed by atoms with Crippen LogP contribution in [-0.4, -0.2) is 81.8 Å². The number of benzene rings is 1. The van der Waals surface area contributed by atoms with Crippen molar-refractivity contribution in [1.82, 2.24) is 9.80 Å². The van der Waals surface area contributed by atoms with Crippen molar-refractivity contribution in [2.75, 3.05) is 19.8 Å². The summed E-state index contributed by atoms with van der Waals surface area (Å²) in [5, 5.41) is 10.5. The number of fused-ring (bicyclic) bond motifs is 2. The van der Waals surface area contributed by atoms with Crippen LogP contribution >= 0.6 is 0 Å². The lowest BCUT2D eigenvalue weighted by Crippen LogP contribution is -2.60. The number of aliphatic hydroxyl groups excluding tert-OH is 1. The average molecular weight is 509 g/mol. The molecule has 1 N–H and O–H groups in total. The summed E-state index contributed by atoms with van der Waals surface area (Å²) < 4.78 is 12.2. The Bertz CT molecular complexity index is 1120. The fourth-order valence-electron chi connectivity index (χ4n) is 6.81. The molecular weight excluding hydrogens is 472 g/mol. The van der Waals surface area contributed by atoms with Crippen LogP contribution in [0.1, 0.15) is 39.2 Å². The summed E-state index contributed by atoms with van der Waals surface area (Å²) in [5.74, 6) is -2.92. The maximum absolute atomic E-state index is 14.4. The van der Waals surface area contributed by atoms with Crippen molar-refractivity contribution < 1.29 is 29.0 Å². The third-order valence-electron chi connectivity index (χ3n) is 8.44. The van der Waals surface area contributed by atoms with Gasteiger partial charge in [0.05, 0.1) is 24.2 Å². The number of hydrogen-bond donors (Lipinski definition) is 1. The number of rotatable bonds is 7. The molecule has 8 heteroatoms. The highest BCUT2D eigenvalue weighted by atomic mass is 16.6. The molecule has 5 rings (SSSR count). The first-order valence-electron chi connectivity index (χ1n) is 13.3. The van der Waals surface area contributed by atoms with Crippen molar-refractivity contribution in [3.05, 3.63) is 60.2 Å². The van der Waals surface area contributed by atoms with Gasteiger partial charge in [0.2, 0.25) is 11.8 Å². The average Bonchev–Trinajstić information content (AvgIpc) is 3.14. The summed E-state index contributed by atoms with van der Waals surface area (Å²) in [5.41, 5.74) is -1.50. The van der Waals surface area contributed by atoms with Crippen molar-refractivity contribution in [2.45, 2.75) is 69.4 Å². The van der Waals surface area contributed by atoms with E-state index in [4.69, 9.17) is 9.47 Å². The van der Waals surface area contributed by atoms with Gasteiger partial charge >= 0.3 is 5.97 Å². The van der Waals surface area contributed by atoms with Gasteiger partial charge in [-0.15, -0.1) is 0 Å².